The summed E-state index contributed by atoms with van der Waals surface area (Å²) in [5.74, 6) is 0. The summed E-state index contributed by atoms with van der Waals surface area (Å²) in [6, 6.07) is 5.33. The number of aromatic nitrogens is 3. The van der Waals surface area contributed by atoms with Gasteiger partial charge in [-0.25, -0.2) is 4.68 Å². The average molecular weight is 350 g/mol. The normalized spacial score (nSPS) is 20.9. The van der Waals surface area contributed by atoms with Crippen LogP contribution in [0.25, 0.3) is 0 Å². The molecule has 132 valence electrons. The molecule has 3 rings (SSSR count). The number of likely N-dealkylation sites (N-methyl/N-ethyl adjacent to an activating group) is 1. The highest BCUT2D eigenvalue weighted by Crippen LogP contribution is 2.39. The van der Waals surface area contributed by atoms with Crippen molar-refractivity contribution in [1.29, 1.82) is 5.26 Å². The summed E-state index contributed by atoms with van der Waals surface area (Å²) in [5, 5.41) is 16.7. The van der Waals surface area contributed by atoms with Crippen LogP contribution in [0.5, 0.6) is 0 Å². The Labute approximate surface area is 143 Å². The van der Waals surface area contributed by atoms with Gasteiger partial charge in [0.1, 0.15) is 0 Å². The Hall–Kier alpha value is -2.60. The first-order valence-electron chi connectivity index (χ1n) is 7.70. The molecule has 0 saturated carbocycles. The van der Waals surface area contributed by atoms with Crippen LogP contribution in [0.3, 0.4) is 0 Å². The minimum absolute atomic E-state index is 0.00717. The fraction of sp³-hybridized carbons (Fsp3) is 0.438. The van der Waals surface area contributed by atoms with Crippen molar-refractivity contribution in [2.45, 2.75) is 18.3 Å². The molecule has 1 aromatic heterocycles. The van der Waals surface area contributed by atoms with Crippen molar-refractivity contribution in [3.05, 3.63) is 41.7 Å². The molecule has 1 aliphatic rings. The van der Waals surface area contributed by atoms with E-state index in [0.29, 0.717) is 13.1 Å². The minimum Gasteiger partial charge on any atom is -0.367 e. The Morgan fingerprint density at radius 2 is 2.04 bits per heavy atom. The van der Waals surface area contributed by atoms with Gasteiger partial charge >= 0.3 is 6.18 Å². The Kier molecular flexibility index (Phi) is 4.39. The van der Waals surface area contributed by atoms with Crippen LogP contribution in [0.2, 0.25) is 0 Å². The molecule has 0 N–H and O–H groups in total. The monoisotopic (exact) mass is 350 g/mol. The average Bonchev–Trinajstić information content (AvgIpc) is 3.22. The largest absolute Gasteiger partial charge is 0.418 e. The van der Waals surface area contributed by atoms with Crippen LogP contribution in [0.15, 0.2) is 30.6 Å². The van der Waals surface area contributed by atoms with Crippen molar-refractivity contribution >= 4 is 5.69 Å². The van der Waals surface area contributed by atoms with E-state index in [1.165, 1.54) is 12.1 Å². The van der Waals surface area contributed by atoms with Crippen LogP contribution < -0.4 is 4.90 Å². The number of hydrogen-bond donors (Lipinski definition) is 0. The molecule has 0 unspecified atom stereocenters. The van der Waals surface area contributed by atoms with E-state index >= 15 is 0 Å². The van der Waals surface area contributed by atoms with Gasteiger partial charge in [0, 0.05) is 25.0 Å². The van der Waals surface area contributed by atoms with Gasteiger partial charge in [0.05, 0.1) is 35.5 Å². The van der Waals surface area contributed by atoms with Crippen LogP contribution in [0, 0.1) is 11.3 Å². The second-order valence-electron chi connectivity index (χ2n) is 6.23. The second-order valence-corrected chi connectivity index (χ2v) is 6.23. The van der Waals surface area contributed by atoms with Gasteiger partial charge in [0.25, 0.3) is 0 Å². The summed E-state index contributed by atoms with van der Waals surface area (Å²) in [7, 11) is 3.78. The van der Waals surface area contributed by atoms with Crippen molar-refractivity contribution in [3.8, 4) is 6.07 Å². The molecule has 0 spiro atoms. The van der Waals surface area contributed by atoms with Gasteiger partial charge in [0.2, 0.25) is 0 Å². The summed E-state index contributed by atoms with van der Waals surface area (Å²) in [6.07, 6.45) is -1.26. The molecule has 0 radical (unpaired) electrons. The first-order chi connectivity index (χ1) is 11.8. The van der Waals surface area contributed by atoms with E-state index in [1.54, 1.807) is 28.0 Å². The van der Waals surface area contributed by atoms with Crippen molar-refractivity contribution < 1.29 is 13.2 Å². The predicted octanol–water partition coefficient (Wildman–Crippen LogP) is 2.16. The smallest absolute Gasteiger partial charge is 0.367 e. The maximum Gasteiger partial charge on any atom is 0.418 e. The van der Waals surface area contributed by atoms with Crippen molar-refractivity contribution in [2.75, 3.05) is 32.1 Å². The fourth-order valence-corrected chi connectivity index (χ4v) is 3.24. The zero-order chi connectivity index (χ0) is 18.2. The number of rotatable bonds is 3. The van der Waals surface area contributed by atoms with Gasteiger partial charge in [0.15, 0.2) is 0 Å². The maximum atomic E-state index is 13.5. The van der Waals surface area contributed by atoms with Gasteiger partial charge in [-0.1, -0.05) is 5.21 Å². The van der Waals surface area contributed by atoms with Crippen molar-refractivity contribution in [1.82, 2.24) is 19.9 Å². The van der Waals surface area contributed by atoms with Gasteiger partial charge in [-0.15, -0.1) is 5.10 Å². The van der Waals surface area contributed by atoms with Gasteiger partial charge in [-0.2, -0.15) is 18.4 Å². The lowest BCUT2D eigenvalue weighted by molar-refractivity contribution is -0.137. The number of anilines is 1. The number of nitrogens with zero attached hydrogens (tertiary/aromatic N) is 6. The lowest BCUT2D eigenvalue weighted by Gasteiger charge is -2.25. The molecule has 9 heteroatoms. The molecule has 2 atom stereocenters. The van der Waals surface area contributed by atoms with Crippen LogP contribution in [0.1, 0.15) is 17.2 Å². The summed E-state index contributed by atoms with van der Waals surface area (Å²) >= 11 is 0. The molecule has 1 aliphatic heterocycles. The SMILES string of the molecule is CN(C)[C@@H]1CN(c2ccc(C#N)cc2C(F)(F)F)C[C@@H]1n1ccnn1. The molecule has 2 heterocycles. The number of hydrogen-bond acceptors (Lipinski definition) is 5. The Morgan fingerprint density at radius 1 is 1.28 bits per heavy atom. The Morgan fingerprint density at radius 3 is 2.60 bits per heavy atom. The second kappa shape index (κ2) is 6.37. The standard InChI is InChI=1S/C16H17F3N6/c1-23(2)14-9-24(10-15(14)25-6-5-21-22-25)13-4-3-11(8-20)7-12(13)16(17,18)19/h3-7,14-15H,9-10H2,1-2H3/t14-,15+/m1/s1. The summed E-state index contributed by atoms with van der Waals surface area (Å²) in [6.45, 7) is 0.799. The van der Waals surface area contributed by atoms with Gasteiger partial charge in [-0.3, -0.25) is 0 Å². The minimum atomic E-state index is -4.53. The van der Waals surface area contributed by atoms with Crippen LogP contribution >= 0.6 is 0 Å². The van der Waals surface area contributed by atoms with E-state index in [2.05, 4.69) is 10.3 Å². The zero-order valence-electron chi connectivity index (χ0n) is 13.8. The van der Waals surface area contributed by atoms with E-state index in [0.717, 1.165) is 6.07 Å². The number of halogens is 3. The van der Waals surface area contributed by atoms with Crippen molar-refractivity contribution in [3.63, 3.8) is 0 Å². The molecule has 0 amide bonds. The molecular weight excluding hydrogens is 333 g/mol. The molecule has 1 fully saturated rings. The predicted molar refractivity (Wildman–Crippen MR) is 84.9 cm³/mol. The van der Waals surface area contributed by atoms with Crippen LogP contribution in [0.4, 0.5) is 18.9 Å². The zero-order valence-corrected chi connectivity index (χ0v) is 13.8. The number of benzene rings is 1. The third-order valence-corrected chi connectivity index (χ3v) is 4.47. The van der Waals surface area contributed by atoms with E-state index in [1.807, 2.05) is 19.0 Å². The van der Waals surface area contributed by atoms with Crippen molar-refractivity contribution in [2.24, 2.45) is 0 Å². The number of nitriles is 1. The van der Waals surface area contributed by atoms with E-state index in [4.69, 9.17) is 5.26 Å². The summed E-state index contributed by atoms with van der Waals surface area (Å²) in [5.41, 5.74) is -0.712. The highest BCUT2D eigenvalue weighted by Gasteiger charge is 2.41. The quantitative estimate of drug-likeness (QED) is 0.849. The third-order valence-electron chi connectivity index (χ3n) is 4.47. The highest BCUT2D eigenvalue weighted by atomic mass is 19.4. The molecule has 2 aromatic rings. The lowest BCUT2D eigenvalue weighted by atomic mass is 10.1. The molecule has 0 aliphatic carbocycles. The number of alkyl halides is 3. The topological polar surface area (TPSA) is 61.0 Å². The molecule has 0 bridgehead atoms. The van der Waals surface area contributed by atoms with Crippen LogP contribution in [-0.4, -0.2) is 53.1 Å². The molecule has 1 saturated heterocycles. The lowest BCUT2D eigenvalue weighted by Crippen LogP contribution is -2.36. The van der Waals surface area contributed by atoms with Gasteiger partial charge in [-0.05, 0) is 32.3 Å². The van der Waals surface area contributed by atoms with E-state index < -0.39 is 11.7 Å². The molecular formula is C16H17F3N6. The fourth-order valence-electron chi connectivity index (χ4n) is 3.24. The molecule has 25 heavy (non-hydrogen) atoms. The Bertz CT molecular complexity index is 778. The van der Waals surface area contributed by atoms with Gasteiger partial charge < -0.3 is 9.80 Å². The third kappa shape index (κ3) is 3.30. The van der Waals surface area contributed by atoms with E-state index in [9.17, 15) is 13.2 Å². The first-order valence-corrected chi connectivity index (χ1v) is 7.70. The summed E-state index contributed by atoms with van der Waals surface area (Å²) < 4.78 is 42.1. The maximum absolute atomic E-state index is 13.5. The van der Waals surface area contributed by atoms with Crippen LogP contribution in [-0.2, 0) is 6.18 Å². The first kappa shape index (κ1) is 17.2. The van der Waals surface area contributed by atoms with E-state index in [-0.39, 0.29) is 23.3 Å². The molecule has 1 aromatic carbocycles. The summed E-state index contributed by atoms with van der Waals surface area (Å²) in [4.78, 5) is 3.67. The Balaban J connectivity index is 1.99. The highest BCUT2D eigenvalue weighted by molar-refractivity contribution is 5.59. The molecule has 6 nitrogen and oxygen atoms in total.